The van der Waals surface area contributed by atoms with Crippen molar-refractivity contribution in [2.24, 2.45) is 0 Å². The Kier molecular flexibility index (Phi) is 5.55. The molecule has 3 heterocycles. The van der Waals surface area contributed by atoms with E-state index in [4.69, 9.17) is 4.74 Å². The number of nitrogens with one attached hydrogen (secondary N) is 1. The lowest BCUT2D eigenvalue weighted by molar-refractivity contribution is -0.141. The van der Waals surface area contributed by atoms with Gasteiger partial charge in [-0.2, -0.15) is 22.8 Å². The molecule has 1 amide bonds. The van der Waals surface area contributed by atoms with Gasteiger partial charge in [-0.05, 0) is 31.5 Å². The number of nitrogens with zero attached hydrogens (tertiary/aromatic N) is 4. The number of aromatic nitrogens is 3. The van der Waals surface area contributed by atoms with Gasteiger partial charge in [-0.25, -0.2) is 4.98 Å². The van der Waals surface area contributed by atoms with Crippen LogP contribution in [0.25, 0.3) is 5.65 Å². The van der Waals surface area contributed by atoms with Crippen molar-refractivity contribution in [1.82, 2.24) is 14.6 Å². The predicted octanol–water partition coefficient (Wildman–Crippen LogP) is 3.06. The van der Waals surface area contributed by atoms with Crippen molar-refractivity contribution in [2.45, 2.75) is 25.6 Å². The molecule has 11 heteroatoms. The lowest BCUT2D eigenvalue weighted by Gasteiger charge is -2.29. The van der Waals surface area contributed by atoms with Crippen LogP contribution in [-0.4, -0.2) is 51.9 Å². The Morgan fingerprint density at radius 1 is 1.12 bits per heavy atom. The maximum absolute atomic E-state index is 13.2. The van der Waals surface area contributed by atoms with Crippen molar-refractivity contribution in [3.8, 4) is 0 Å². The van der Waals surface area contributed by atoms with E-state index in [1.807, 2.05) is 4.90 Å². The summed E-state index contributed by atoms with van der Waals surface area (Å²) >= 11 is 0. The number of halogens is 3. The van der Waals surface area contributed by atoms with Gasteiger partial charge in [0.15, 0.2) is 11.3 Å². The van der Waals surface area contributed by atoms with Crippen LogP contribution in [0.2, 0.25) is 0 Å². The molecule has 0 radical (unpaired) electrons. The first kappa shape index (κ1) is 22.0. The first-order valence-electron chi connectivity index (χ1n) is 9.97. The van der Waals surface area contributed by atoms with E-state index >= 15 is 0 Å². The summed E-state index contributed by atoms with van der Waals surface area (Å²) in [5, 5.41) is 16.4. The third-order valence-electron chi connectivity index (χ3n) is 5.13. The maximum Gasteiger partial charge on any atom is 0.435 e. The molecule has 2 N–H and O–H groups in total. The molecule has 1 saturated heterocycles. The van der Waals surface area contributed by atoms with Crippen molar-refractivity contribution in [1.29, 1.82) is 0 Å². The number of carbonyl (C=O) groups excluding carboxylic acids is 1. The third kappa shape index (κ3) is 4.53. The number of anilines is 2. The highest BCUT2D eigenvalue weighted by molar-refractivity contribution is 6.04. The molecule has 0 saturated carbocycles. The van der Waals surface area contributed by atoms with Crippen molar-refractivity contribution < 1.29 is 27.8 Å². The van der Waals surface area contributed by atoms with Gasteiger partial charge in [0, 0.05) is 30.8 Å². The Balaban J connectivity index is 1.68. The van der Waals surface area contributed by atoms with Gasteiger partial charge in [0.25, 0.3) is 5.91 Å². The summed E-state index contributed by atoms with van der Waals surface area (Å²) in [7, 11) is 0. The summed E-state index contributed by atoms with van der Waals surface area (Å²) < 4.78 is 46.1. The summed E-state index contributed by atoms with van der Waals surface area (Å²) in [5.41, 5.74) is -1.19. The number of rotatable bonds is 4. The quantitative estimate of drug-likeness (QED) is 0.636. The van der Waals surface area contributed by atoms with E-state index in [1.54, 1.807) is 38.1 Å². The fourth-order valence-corrected chi connectivity index (χ4v) is 3.40. The smallest absolute Gasteiger partial charge is 0.386 e. The molecule has 1 aliphatic rings. The number of carbonyl (C=O) groups is 1. The Bertz CT molecular complexity index is 1130. The molecule has 0 atom stereocenters. The van der Waals surface area contributed by atoms with Crippen LogP contribution >= 0.6 is 0 Å². The summed E-state index contributed by atoms with van der Waals surface area (Å²) in [4.78, 5) is 18.7. The van der Waals surface area contributed by atoms with Crippen molar-refractivity contribution >= 4 is 23.2 Å². The SMILES string of the molecule is CC(C)(O)c1ccc(C(=O)Nc2cc(N3CCOCC3)n3nc(C(F)(F)F)cc3n2)cc1. The fourth-order valence-electron chi connectivity index (χ4n) is 3.40. The van der Waals surface area contributed by atoms with Gasteiger partial charge >= 0.3 is 6.18 Å². The molecule has 3 aromatic rings. The molecule has 0 spiro atoms. The van der Waals surface area contributed by atoms with Gasteiger partial charge in [-0.3, -0.25) is 4.79 Å². The van der Waals surface area contributed by atoms with Gasteiger partial charge in [-0.15, -0.1) is 0 Å². The molecule has 4 rings (SSSR count). The van der Waals surface area contributed by atoms with Crippen LogP contribution in [0.1, 0.15) is 35.5 Å². The molecule has 0 unspecified atom stereocenters. The summed E-state index contributed by atoms with van der Waals surface area (Å²) in [6.45, 7) is 5.04. The van der Waals surface area contributed by atoms with Gasteiger partial charge in [0.2, 0.25) is 0 Å². The highest BCUT2D eigenvalue weighted by atomic mass is 19.4. The molecular formula is C21H22F3N5O3. The highest BCUT2D eigenvalue weighted by Gasteiger charge is 2.35. The van der Waals surface area contributed by atoms with E-state index in [0.29, 0.717) is 43.2 Å². The molecule has 1 aliphatic heterocycles. The average molecular weight is 449 g/mol. The number of fused-ring (bicyclic) bond motifs is 1. The van der Waals surface area contributed by atoms with Crippen LogP contribution < -0.4 is 10.2 Å². The average Bonchev–Trinajstić information content (AvgIpc) is 3.18. The minimum Gasteiger partial charge on any atom is -0.386 e. The molecule has 0 bridgehead atoms. The number of aliphatic hydroxyl groups is 1. The van der Waals surface area contributed by atoms with E-state index in [0.717, 1.165) is 10.6 Å². The predicted molar refractivity (Wildman–Crippen MR) is 111 cm³/mol. The number of hydrogen-bond acceptors (Lipinski definition) is 6. The van der Waals surface area contributed by atoms with Gasteiger partial charge in [0.05, 0.1) is 18.8 Å². The van der Waals surface area contributed by atoms with E-state index in [1.165, 1.54) is 6.07 Å². The third-order valence-corrected chi connectivity index (χ3v) is 5.13. The van der Waals surface area contributed by atoms with Crippen LogP contribution in [-0.2, 0) is 16.5 Å². The maximum atomic E-state index is 13.2. The molecule has 1 fully saturated rings. The first-order valence-corrected chi connectivity index (χ1v) is 9.97. The molecule has 2 aromatic heterocycles. The van der Waals surface area contributed by atoms with Gasteiger partial charge < -0.3 is 20.1 Å². The topological polar surface area (TPSA) is 92.0 Å². The van der Waals surface area contributed by atoms with E-state index in [-0.39, 0.29) is 11.5 Å². The van der Waals surface area contributed by atoms with Crippen LogP contribution in [0.15, 0.2) is 36.4 Å². The number of hydrogen-bond donors (Lipinski definition) is 2. The standard InChI is InChI=1S/C21H22F3N5O3/c1-20(2,31)14-5-3-13(4-6-14)19(30)26-16-12-18(28-7-9-32-10-8-28)29-17(25-16)11-15(27-29)21(22,23)24/h3-6,11-12,31H,7-10H2,1-2H3,(H,25,26,30). The number of amides is 1. The molecule has 0 aliphatic carbocycles. The lowest BCUT2D eigenvalue weighted by Crippen LogP contribution is -2.37. The van der Waals surface area contributed by atoms with Crippen molar-refractivity contribution in [3.05, 3.63) is 53.2 Å². The Labute approximate surface area is 181 Å². The number of ether oxygens (including phenoxy) is 1. The van der Waals surface area contributed by atoms with Crippen LogP contribution in [0, 0.1) is 0 Å². The van der Waals surface area contributed by atoms with E-state index in [2.05, 4.69) is 15.4 Å². The second-order valence-corrected chi connectivity index (χ2v) is 7.99. The Morgan fingerprint density at radius 2 is 1.78 bits per heavy atom. The summed E-state index contributed by atoms with van der Waals surface area (Å²) in [6, 6.07) is 8.73. The zero-order valence-corrected chi connectivity index (χ0v) is 17.5. The van der Waals surface area contributed by atoms with Gasteiger partial charge in [-0.1, -0.05) is 12.1 Å². The van der Waals surface area contributed by atoms with Crippen LogP contribution in [0.4, 0.5) is 24.8 Å². The highest BCUT2D eigenvalue weighted by Crippen LogP contribution is 2.31. The fraction of sp³-hybridized carbons (Fsp3) is 0.381. The monoisotopic (exact) mass is 449 g/mol. The molecule has 32 heavy (non-hydrogen) atoms. The number of morpholine rings is 1. The largest absolute Gasteiger partial charge is 0.435 e. The number of alkyl halides is 3. The first-order chi connectivity index (χ1) is 15.0. The second-order valence-electron chi connectivity index (χ2n) is 7.99. The summed E-state index contributed by atoms with van der Waals surface area (Å²) in [5.74, 6) is -0.00158. The van der Waals surface area contributed by atoms with Crippen LogP contribution in [0.5, 0.6) is 0 Å². The van der Waals surface area contributed by atoms with Crippen molar-refractivity contribution in [3.63, 3.8) is 0 Å². The normalized spacial score (nSPS) is 15.2. The molecule has 8 nitrogen and oxygen atoms in total. The zero-order valence-electron chi connectivity index (χ0n) is 17.5. The van der Waals surface area contributed by atoms with Gasteiger partial charge in [0.1, 0.15) is 11.6 Å². The molecular weight excluding hydrogens is 427 g/mol. The Morgan fingerprint density at radius 3 is 2.38 bits per heavy atom. The van der Waals surface area contributed by atoms with E-state index in [9.17, 15) is 23.1 Å². The zero-order chi connectivity index (χ0) is 23.1. The number of benzene rings is 1. The summed E-state index contributed by atoms with van der Waals surface area (Å²) in [6.07, 6.45) is -4.62. The van der Waals surface area contributed by atoms with E-state index < -0.39 is 23.4 Å². The molecule has 1 aromatic carbocycles. The minimum absolute atomic E-state index is 0.0333. The molecule has 170 valence electrons. The minimum atomic E-state index is -4.62. The van der Waals surface area contributed by atoms with Crippen LogP contribution in [0.3, 0.4) is 0 Å². The Hall–Kier alpha value is -3.18. The lowest BCUT2D eigenvalue weighted by atomic mass is 9.97. The van der Waals surface area contributed by atoms with Crippen molar-refractivity contribution in [2.75, 3.05) is 36.5 Å². The second kappa shape index (κ2) is 8.06.